The Bertz CT molecular complexity index is 958. The summed E-state index contributed by atoms with van der Waals surface area (Å²) in [7, 11) is -0.354. The lowest BCUT2D eigenvalue weighted by atomic mass is 10.1. The number of aromatic nitrogens is 4. The fraction of sp³-hybridized carbons (Fsp3) is 0.312. The molecule has 8 nitrogen and oxygen atoms in total. The van der Waals surface area contributed by atoms with E-state index in [1.807, 2.05) is 22.9 Å². The molecule has 1 aromatic carbocycles. The number of hydrogen-bond acceptors (Lipinski definition) is 6. The van der Waals surface area contributed by atoms with Crippen LogP contribution < -0.4 is 0 Å². The maximum Gasteiger partial charge on any atom is 0.278 e. The standard InChI is InChI=1S/C16H19N5O3S/c1-12-18-16(24-19-12)15-10-21(11-17-15)9-8-13-4-6-14(7-5-13)25(22,23)20(2)3/h4-7,10-11H,8-9H2,1-3H3. The molecule has 2 aromatic heterocycles. The largest absolute Gasteiger partial charge is 0.336 e. The van der Waals surface area contributed by atoms with Crippen LogP contribution in [0.5, 0.6) is 0 Å². The van der Waals surface area contributed by atoms with Crippen LogP contribution in [-0.4, -0.2) is 46.5 Å². The molecule has 0 aliphatic rings. The highest BCUT2D eigenvalue weighted by Crippen LogP contribution is 2.16. The summed E-state index contributed by atoms with van der Waals surface area (Å²) in [5, 5.41) is 3.75. The van der Waals surface area contributed by atoms with Crippen molar-refractivity contribution in [1.82, 2.24) is 24.0 Å². The third-order valence-electron chi connectivity index (χ3n) is 3.74. The first-order valence-electron chi connectivity index (χ1n) is 7.70. The Balaban J connectivity index is 1.65. The summed E-state index contributed by atoms with van der Waals surface area (Å²) in [6.45, 7) is 2.46. The van der Waals surface area contributed by atoms with E-state index in [0.29, 0.717) is 24.0 Å². The van der Waals surface area contributed by atoms with Gasteiger partial charge in [0.1, 0.15) is 5.69 Å². The molecule has 3 rings (SSSR count). The van der Waals surface area contributed by atoms with E-state index < -0.39 is 10.0 Å². The van der Waals surface area contributed by atoms with Crippen LogP contribution in [0.3, 0.4) is 0 Å². The first kappa shape index (κ1) is 17.3. The van der Waals surface area contributed by atoms with Gasteiger partial charge in [0.15, 0.2) is 5.82 Å². The smallest absolute Gasteiger partial charge is 0.278 e. The van der Waals surface area contributed by atoms with Gasteiger partial charge < -0.3 is 9.09 Å². The van der Waals surface area contributed by atoms with E-state index in [4.69, 9.17) is 4.52 Å². The quantitative estimate of drug-likeness (QED) is 0.664. The minimum absolute atomic E-state index is 0.290. The van der Waals surface area contributed by atoms with Gasteiger partial charge in [0.2, 0.25) is 10.0 Å². The monoisotopic (exact) mass is 361 g/mol. The van der Waals surface area contributed by atoms with Gasteiger partial charge in [-0.3, -0.25) is 0 Å². The van der Waals surface area contributed by atoms with Crippen LogP contribution in [0.1, 0.15) is 11.4 Å². The van der Waals surface area contributed by atoms with Crippen molar-refractivity contribution in [2.24, 2.45) is 0 Å². The summed E-state index contributed by atoms with van der Waals surface area (Å²) >= 11 is 0. The lowest BCUT2D eigenvalue weighted by Crippen LogP contribution is -2.22. The molecule has 25 heavy (non-hydrogen) atoms. The molecule has 3 aromatic rings. The molecule has 0 saturated heterocycles. The van der Waals surface area contributed by atoms with Gasteiger partial charge in [-0.1, -0.05) is 17.3 Å². The summed E-state index contributed by atoms with van der Waals surface area (Å²) in [6.07, 6.45) is 4.30. The van der Waals surface area contributed by atoms with Crippen LogP contribution in [0, 0.1) is 6.92 Å². The fourth-order valence-corrected chi connectivity index (χ4v) is 3.19. The van der Waals surface area contributed by atoms with E-state index in [9.17, 15) is 8.42 Å². The van der Waals surface area contributed by atoms with E-state index in [1.54, 1.807) is 25.4 Å². The van der Waals surface area contributed by atoms with E-state index in [0.717, 1.165) is 12.0 Å². The molecule has 0 radical (unpaired) electrons. The first-order valence-corrected chi connectivity index (χ1v) is 9.14. The molecule has 0 aliphatic carbocycles. The van der Waals surface area contributed by atoms with Gasteiger partial charge in [0, 0.05) is 26.8 Å². The normalized spacial score (nSPS) is 12.0. The lowest BCUT2D eigenvalue weighted by molar-refractivity contribution is 0.424. The zero-order valence-corrected chi connectivity index (χ0v) is 15.1. The summed E-state index contributed by atoms with van der Waals surface area (Å²) in [5.74, 6) is 0.965. The molecule has 0 amide bonds. The van der Waals surface area contributed by atoms with Crippen LogP contribution >= 0.6 is 0 Å². The molecule has 0 unspecified atom stereocenters. The van der Waals surface area contributed by atoms with Crippen molar-refractivity contribution in [3.63, 3.8) is 0 Å². The predicted octanol–water partition coefficient (Wildman–Crippen LogP) is 1.73. The molecule has 2 heterocycles. The molecule has 0 spiro atoms. The third-order valence-corrected chi connectivity index (χ3v) is 5.57. The van der Waals surface area contributed by atoms with Crippen molar-refractivity contribution in [2.45, 2.75) is 24.8 Å². The molecule has 132 valence electrons. The highest BCUT2D eigenvalue weighted by molar-refractivity contribution is 7.89. The van der Waals surface area contributed by atoms with Crippen molar-refractivity contribution >= 4 is 10.0 Å². The minimum Gasteiger partial charge on any atom is -0.336 e. The number of sulfonamides is 1. The molecule has 0 fully saturated rings. The maximum absolute atomic E-state index is 12.1. The van der Waals surface area contributed by atoms with Crippen molar-refractivity contribution in [3.8, 4) is 11.6 Å². The van der Waals surface area contributed by atoms with E-state index >= 15 is 0 Å². The molecular formula is C16H19N5O3S. The molecule has 9 heteroatoms. The lowest BCUT2D eigenvalue weighted by Gasteiger charge is -2.11. The number of rotatable bonds is 6. The Morgan fingerprint density at radius 2 is 1.92 bits per heavy atom. The molecule has 0 saturated carbocycles. The van der Waals surface area contributed by atoms with Crippen molar-refractivity contribution in [1.29, 1.82) is 0 Å². The summed E-state index contributed by atoms with van der Waals surface area (Å²) in [6, 6.07) is 6.92. The molecule has 0 atom stereocenters. The Labute approximate surface area is 146 Å². The van der Waals surface area contributed by atoms with Crippen LogP contribution in [-0.2, 0) is 23.0 Å². The topological polar surface area (TPSA) is 94.1 Å². The number of hydrogen-bond donors (Lipinski definition) is 0. The van der Waals surface area contributed by atoms with Gasteiger partial charge in [0.05, 0.1) is 11.2 Å². The Morgan fingerprint density at radius 1 is 1.20 bits per heavy atom. The summed E-state index contributed by atoms with van der Waals surface area (Å²) < 4.78 is 32.3. The number of nitrogens with zero attached hydrogens (tertiary/aromatic N) is 5. The number of imidazole rings is 1. The summed E-state index contributed by atoms with van der Waals surface area (Å²) in [4.78, 5) is 8.69. The molecule has 0 N–H and O–H groups in total. The van der Waals surface area contributed by atoms with Crippen LogP contribution in [0.25, 0.3) is 11.6 Å². The van der Waals surface area contributed by atoms with E-state index in [-0.39, 0.29) is 4.90 Å². The van der Waals surface area contributed by atoms with Gasteiger partial charge in [-0.15, -0.1) is 0 Å². The maximum atomic E-state index is 12.1. The second-order valence-corrected chi connectivity index (χ2v) is 7.98. The number of benzene rings is 1. The zero-order valence-electron chi connectivity index (χ0n) is 14.2. The first-order chi connectivity index (χ1) is 11.9. The van der Waals surface area contributed by atoms with Gasteiger partial charge in [-0.2, -0.15) is 4.98 Å². The third kappa shape index (κ3) is 3.77. The van der Waals surface area contributed by atoms with Crippen LogP contribution in [0.15, 0.2) is 46.2 Å². The van der Waals surface area contributed by atoms with Crippen LogP contribution in [0.4, 0.5) is 0 Å². The van der Waals surface area contributed by atoms with Crippen molar-refractivity contribution in [3.05, 3.63) is 48.2 Å². The average Bonchev–Trinajstić information content (AvgIpc) is 3.22. The average molecular weight is 361 g/mol. The second kappa shape index (κ2) is 6.77. The Morgan fingerprint density at radius 3 is 2.52 bits per heavy atom. The fourth-order valence-electron chi connectivity index (χ4n) is 2.29. The SMILES string of the molecule is Cc1noc(-c2cn(CCc3ccc(S(=O)(=O)N(C)C)cc3)cn2)n1. The van der Waals surface area contributed by atoms with Crippen LogP contribution in [0.2, 0.25) is 0 Å². The van der Waals surface area contributed by atoms with E-state index in [1.165, 1.54) is 18.4 Å². The van der Waals surface area contributed by atoms with Gasteiger partial charge in [-0.05, 0) is 31.0 Å². The van der Waals surface area contributed by atoms with Crippen molar-refractivity contribution in [2.75, 3.05) is 14.1 Å². The zero-order chi connectivity index (χ0) is 18.0. The second-order valence-electron chi connectivity index (χ2n) is 5.82. The van der Waals surface area contributed by atoms with Crippen molar-refractivity contribution < 1.29 is 12.9 Å². The summed E-state index contributed by atoms with van der Waals surface area (Å²) in [5.41, 5.74) is 1.68. The van der Waals surface area contributed by atoms with Gasteiger partial charge in [0.25, 0.3) is 5.89 Å². The number of aryl methyl sites for hydroxylation is 3. The highest BCUT2D eigenvalue weighted by atomic mass is 32.2. The molecule has 0 bridgehead atoms. The van der Waals surface area contributed by atoms with Gasteiger partial charge in [-0.25, -0.2) is 17.7 Å². The van der Waals surface area contributed by atoms with Gasteiger partial charge >= 0.3 is 0 Å². The Hall–Kier alpha value is -2.52. The Kier molecular flexibility index (Phi) is 4.69. The highest BCUT2D eigenvalue weighted by Gasteiger charge is 2.16. The molecular weight excluding hydrogens is 342 g/mol. The minimum atomic E-state index is -3.39. The van der Waals surface area contributed by atoms with E-state index in [2.05, 4.69) is 15.1 Å². The predicted molar refractivity (Wildman–Crippen MR) is 91.3 cm³/mol. The molecule has 0 aliphatic heterocycles.